The highest BCUT2D eigenvalue weighted by atomic mass is 35.5. The minimum Gasteiger partial charge on any atom is -0.323 e. The monoisotopic (exact) mass is 449 g/mol. The molecule has 0 bridgehead atoms. The summed E-state index contributed by atoms with van der Waals surface area (Å²) in [4.78, 5) is 56.0. The van der Waals surface area contributed by atoms with Crippen molar-refractivity contribution in [2.75, 3.05) is 16.8 Å². The highest BCUT2D eigenvalue weighted by Gasteiger charge is 2.74. The van der Waals surface area contributed by atoms with E-state index in [9.17, 15) is 19.2 Å². The second-order valence-electron chi connectivity index (χ2n) is 8.90. The molecule has 3 fully saturated rings. The van der Waals surface area contributed by atoms with E-state index < -0.39 is 17.4 Å². The van der Waals surface area contributed by atoms with Gasteiger partial charge in [0.2, 0.25) is 11.8 Å². The SMILES string of the molecule is CC(=O)c1ccc(N2C(=O)C3C4CCCN4C4(C(=O)Nc5c(Cl)cccc54)C3C2=O)cc1. The minimum atomic E-state index is -1.24. The molecule has 0 radical (unpaired) electrons. The average molecular weight is 450 g/mol. The van der Waals surface area contributed by atoms with Crippen LogP contribution in [0.3, 0.4) is 0 Å². The van der Waals surface area contributed by atoms with Crippen LogP contribution in [0.5, 0.6) is 0 Å². The van der Waals surface area contributed by atoms with Crippen LogP contribution in [-0.4, -0.2) is 41.0 Å². The standard InChI is InChI=1S/C24H20ClN3O4/c1-12(29)13-7-9-14(10-8-13)28-21(30)18-17-6-3-11-27(17)24(19(18)22(28)31)15-4-2-5-16(25)20(15)26-23(24)32/h2,4-5,7-10,17-19H,3,6,11H2,1H3,(H,26,32). The molecule has 2 aromatic rings. The Hall–Kier alpha value is -3.03. The quantitative estimate of drug-likeness (QED) is 0.562. The van der Waals surface area contributed by atoms with Crippen LogP contribution in [0.2, 0.25) is 5.02 Å². The molecule has 4 atom stereocenters. The minimum absolute atomic E-state index is 0.0934. The van der Waals surface area contributed by atoms with Crippen molar-refractivity contribution in [1.82, 2.24) is 4.90 Å². The van der Waals surface area contributed by atoms with E-state index in [2.05, 4.69) is 10.2 Å². The largest absolute Gasteiger partial charge is 0.323 e. The normalized spacial score (nSPS) is 30.6. The lowest BCUT2D eigenvalue weighted by Crippen LogP contribution is -2.54. The Morgan fingerprint density at radius 2 is 1.84 bits per heavy atom. The molecular formula is C24H20ClN3O4. The Morgan fingerprint density at radius 3 is 2.56 bits per heavy atom. The zero-order valence-corrected chi connectivity index (χ0v) is 18.1. The van der Waals surface area contributed by atoms with E-state index in [1.807, 2.05) is 6.07 Å². The van der Waals surface area contributed by atoms with Crippen molar-refractivity contribution >= 4 is 46.5 Å². The van der Waals surface area contributed by atoms with Crippen molar-refractivity contribution in [3.8, 4) is 0 Å². The Balaban J connectivity index is 1.52. The third kappa shape index (κ3) is 2.20. The lowest BCUT2D eigenvalue weighted by Gasteiger charge is -2.36. The van der Waals surface area contributed by atoms with E-state index in [4.69, 9.17) is 11.6 Å². The zero-order valence-electron chi connectivity index (χ0n) is 17.3. The topological polar surface area (TPSA) is 86.8 Å². The number of nitrogens with zero attached hydrogens (tertiary/aromatic N) is 2. The maximum Gasteiger partial charge on any atom is 0.250 e. The molecular weight excluding hydrogens is 430 g/mol. The number of Topliss-reactive ketones (excluding diaryl/α,β-unsaturated/α-hetero) is 1. The highest BCUT2D eigenvalue weighted by Crippen LogP contribution is 2.61. The van der Waals surface area contributed by atoms with Gasteiger partial charge in [0.15, 0.2) is 5.78 Å². The second-order valence-corrected chi connectivity index (χ2v) is 9.31. The number of amides is 3. The lowest BCUT2D eigenvalue weighted by atomic mass is 9.75. The van der Waals surface area contributed by atoms with Gasteiger partial charge in [0.1, 0.15) is 5.54 Å². The van der Waals surface area contributed by atoms with E-state index in [-0.39, 0.29) is 29.5 Å². The van der Waals surface area contributed by atoms with Gasteiger partial charge in [-0.05, 0) is 56.6 Å². The third-order valence-electron chi connectivity index (χ3n) is 7.51. The number of nitrogens with one attached hydrogen (secondary N) is 1. The van der Waals surface area contributed by atoms with Crippen LogP contribution >= 0.6 is 11.6 Å². The molecule has 7 nitrogen and oxygen atoms in total. The molecule has 162 valence electrons. The molecule has 4 aliphatic heterocycles. The first-order valence-corrected chi connectivity index (χ1v) is 11.1. The Bertz CT molecular complexity index is 1230. The molecule has 4 aliphatic rings. The van der Waals surface area contributed by atoms with Crippen molar-refractivity contribution in [2.45, 2.75) is 31.3 Å². The van der Waals surface area contributed by atoms with Gasteiger partial charge in [0.25, 0.3) is 5.91 Å². The summed E-state index contributed by atoms with van der Waals surface area (Å²) in [5, 5.41) is 3.32. The first-order chi connectivity index (χ1) is 15.4. The van der Waals surface area contributed by atoms with Crippen LogP contribution in [0.1, 0.15) is 35.7 Å². The van der Waals surface area contributed by atoms with Crippen molar-refractivity contribution in [1.29, 1.82) is 0 Å². The number of rotatable bonds is 2. The van der Waals surface area contributed by atoms with E-state index in [0.717, 1.165) is 12.8 Å². The number of carbonyl (C=O) groups is 4. The van der Waals surface area contributed by atoms with Crippen molar-refractivity contribution in [3.05, 3.63) is 58.6 Å². The fourth-order valence-electron chi connectivity index (χ4n) is 6.29. The molecule has 8 heteroatoms. The third-order valence-corrected chi connectivity index (χ3v) is 7.82. The molecule has 4 heterocycles. The number of hydrogen-bond acceptors (Lipinski definition) is 5. The summed E-state index contributed by atoms with van der Waals surface area (Å²) in [6.45, 7) is 2.11. The Morgan fingerprint density at radius 1 is 1.09 bits per heavy atom. The van der Waals surface area contributed by atoms with Crippen LogP contribution in [-0.2, 0) is 19.9 Å². The molecule has 0 aromatic heterocycles. The average Bonchev–Trinajstić information content (AvgIpc) is 3.47. The number of benzene rings is 2. The van der Waals surface area contributed by atoms with Crippen LogP contribution in [0.25, 0.3) is 0 Å². The Kier molecular flexibility index (Phi) is 3.99. The van der Waals surface area contributed by atoms with Gasteiger partial charge in [-0.3, -0.25) is 24.1 Å². The summed E-state index contributed by atoms with van der Waals surface area (Å²) in [6, 6.07) is 11.6. The summed E-state index contributed by atoms with van der Waals surface area (Å²) in [6.07, 6.45) is 1.61. The molecule has 3 saturated heterocycles. The summed E-state index contributed by atoms with van der Waals surface area (Å²) in [5.74, 6) is -2.49. The van der Waals surface area contributed by atoms with Crippen LogP contribution in [0, 0.1) is 11.8 Å². The maximum absolute atomic E-state index is 13.8. The second kappa shape index (κ2) is 6.49. The maximum atomic E-state index is 13.8. The Labute approximate surface area is 189 Å². The molecule has 2 aromatic carbocycles. The number of anilines is 2. The molecule has 3 amide bonds. The summed E-state index contributed by atoms with van der Waals surface area (Å²) < 4.78 is 0. The van der Waals surface area contributed by atoms with E-state index in [1.165, 1.54) is 11.8 Å². The fraction of sp³-hybridized carbons (Fsp3) is 0.333. The molecule has 1 spiro atoms. The van der Waals surface area contributed by atoms with Gasteiger partial charge in [0, 0.05) is 17.2 Å². The predicted molar refractivity (Wildman–Crippen MR) is 117 cm³/mol. The van der Waals surface area contributed by atoms with E-state index >= 15 is 0 Å². The fourth-order valence-corrected chi connectivity index (χ4v) is 6.52. The molecule has 1 N–H and O–H groups in total. The molecule has 4 unspecified atom stereocenters. The number of hydrogen-bond donors (Lipinski definition) is 1. The van der Waals surface area contributed by atoms with E-state index in [0.29, 0.717) is 34.1 Å². The molecule has 32 heavy (non-hydrogen) atoms. The van der Waals surface area contributed by atoms with Gasteiger partial charge in [-0.15, -0.1) is 0 Å². The molecule has 0 aliphatic carbocycles. The van der Waals surface area contributed by atoms with Gasteiger partial charge < -0.3 is 5.32 Å². The number of halogens is 1. The van der Waals surface area contributed by atoms with Crippen molar-refractivity contribution in [3.63, 3.8) is 0 Å². The summed E-state index contributed by atoms with van der Waals surface area (Å²) in [5.41, 5.74) is 0.876. The first kappa shape index (κ1) is 19.6. The predicted octanol–water partition coefficient (Wildman–Crippen LogP) is 2.97. The number of fused-ring (bicyclic) bond motifs is 7. The van der Waals surface area contributed by atoms with Crippen LogP contribution < -0.4 is 10.2 Å². The van der Waals surface area contributed by atoms with Crippen LogP contribution in [0.4, 0.5) is 11.4 Å². The van der Waals surface area contributed by atoms with Gasteiger partial charge in [-0.1, -0.05) is 23.7 Å². The van der Waals surface area contributed by atoms with Gasteiger partial charge in [-0.25, -0.2) is 4.90 Å². The zero-order chi connectivity index (χ0) is 22.4. The molecule has 0 saturated carbocycles. The van der Waals surface area contributed by atoms with Gasteiger partial charge >= 0.3 is 0 Å². The van der Waals surface area contributed by atoms with Crippen molar-refractivity contribution in [2.24, 2.45) is 11.8 Å². The summed E-state index contributed by atoms with van der Waals surface area (Å²) >= 11 is 6.39. The van der Waals surface area contributed by atoms with E-state index in [1.54, 1.807) is 36.4 Å². The lowest BCUT2D eigenvalue weighted by molar-refractivity contribution is -0.135. The number of ketones is 1. The number of para-hydroxylation sites is 1. The number of carbonyl (C=O) groups excluding carboxylic acids is 4. The summed E-state index contributed by atoms with van der Waals surface area (Å²) in [7, 11) is 0. The first-order valence-electron chi connectivity index (χ1n) is 10.7. The van der Waals surface area contributed by atoms with Crippen LogP contribution in [0.15, 0.2) is 42.5 Å². The van der Waals surface area contributed by atoms with Gasteiger partial charge in [0.05, 0.1) is 28.2 Å². The highest BCUT2D eigenvalue weighted by molar-refractivity contribution is 6.35. The molecule has 6 rings (SSSR count). The van der Waals surface area contributed by atoms with Gasteiger partial charge in [-0.2, -0.15) is 0 Å². The van der Waals surface area contributed by atoms with Crippen molar-refractivity contribution < 1.29 is 19.2 Å². The smallest absolute Gasteiger partial charge is 0.250 e. The number of imide groups is 1.